The fraction of sp³-hybridized carbons (Fsp3) is 0.143. The number of halogens is 2. The third-order valence-electron chi connectivity index (χ3n) is 6.99. The van der Waals surface area contributed by atoms with Gasteiger partial charge >= 0.3 is 5.97 Å². The van der Waals surface area contributed by atoms with Crippen LogP contribution in [0.25, 0.3) is 11.1 Å². The number of phenols is 1. The molecule has 0 unspecified atom stereocenters. The van der Waals surface area contributed by atoms with Crippen LogP contribution in [-0.4, -0.2) is 27.2 Å². The van der Waals surface area contributed by atoms with Crippen LogP contribution in [-0.2, 0) is 31.0 Å². The fourth-order valence-corrected chi connectivity index (χ4v) is 5.49. The molecule has 5 aromatic rings. The first-order valence-corrected chi connectivity index (χ1v) is 15.1. The van der Waals surface area contributed by atoms with E-state index in [-0.39, 0.29) is 31.9 Å². The number of hydrogen-bond acceptors (Lipinski definition) is 6. The number of aliphatic carboxylic acids is 1. The number of pyridine rings is 1. The quantitative estimate of drug-likeness (QED) is 0.117. The van der Waals surface area contributed by atoms with Crippen molar-refractivity contribution >= 4 is 33.5 Å². The molecule has 0 amide bonds. The molecule has 0 saturated carbocycles. The molecule has 5 rings (SSSR count). The van der Waals surface area contributed by atoms with Crippen molar-refractivity contribution < 1.29 is 24.5 Å². The molecule has 0 aliphatic rings. The summed E-state index contributed by atoms with van der Waals surface area (Å²) in [7, 11) is 0. The largest absolute Gasteiger partial charge is 0.508 e. The molecule has 0 radical (unpaired) electrons. The second-order valence-electron chi connectivity index (χ2n) is 10.1. The number of carboxylic acid groups (broad SMARTS) is 1. The summed E-state index contributed by atoms with van der Waals surface area (Å²) >= 11 is 10.5. The number of nitrogens with zero attached hydrogens (tertiary/aromatic N) is 1. The second-order valence-corrected chi connectivity index (χ2v) is 11.3. The molecule has 3 N–H and O–H groups in total. The van der Waals surface area contributed by atoms with E-state index < -0.39 is 12.0 Å². The van der Waals surface area contributed by atoms with Crippen LogP contribution in [0.2, 0.25) is 5.02 Å². The molecule has 0 saturated heterocycles. The van der Waals surface area contributed by atoms with Gasteiger partial charge in [-0.2, -0.15) is 0 Å². The van der Waals surface area contributed by atoms with Gasteiger partial charge in [0, 0.05) is 46.2 Å². The van der Waals surface area contributed by atoms with E-state index in [1.54, 1.807) is 36.7 Å². The van der Waals surface area contributed by atoms with E-state index in [0.29, 0.717) is 22.1 Å². The summed E-state index contributed by atoms with van der Waals surface area (Å²) in [6.07, 6.45) is 3.64. The molecule has 7 nitrogen and oxygen atoms in total. The lowest BCUT2D eigenvalue weighted by Crippen LogP contribution is -2.38. The number of hydrogen-bond donors (Lipinski definition) is 3. The lowest BCUT2D eigenvalue weighted by Gasteiger charge is -2.19. The van der Waals surface area contributed by atoms with Crippen LogP contribution in [0.5, 0.6) is 17.2 Å². The molecular formula is C35H30BrClN2O5. The Morgan fingerprint density at radius 2 is 1.64 bits per heavy atom. The van der Waals surface area contributed by atoms with Gasteiger partial charge in [0.05, 0.1) is 5.02 Å². The fourth-order valence-electron chi connectivity index (χ4n) is 4.64. The molecule has 4 aromatic carbocycles. The highest BCUT2D eigenvalue weighted by atomic mass is 79.9. The maximum Gasteiger partial charge on any atom is 0.321 e. The number of phenolic OH excluding ortho intramolecular Hbond substituents is 1. The molecule has 0 bridgehead atoms. The Morgan fingerprint density at radius 1 is 0.864 bits per heavy atom. The third kappa shape index (κ3) is 8.17. The van der Waals surface area contributed by atoms with Crippen LogP contribution in [0.15, 0.2) is 114 Å². The van der Waals surface area contributed by atoms with E-state index in [0.717, 1.165) is 32.3 Å². The van der Waals surface area contributed by atoms with Gasteiger partial charge in [-0.3, -0.25) is 15.1 Å². The molecule has 0 aliphatic carbocycles. The molecule has 0 aliphatic heterocycles. The van der Waals surface area contributed by atoms with Gasteiger partial charge in [-0.1, -0.05) is 78.3 Å². The first kappa shape index (κ1) is 31.1. The van der Waals surface area contributed by atoms with Crippen LogP contribution in [0, 0.1) is 0 Å². The summed E-state index contributed by atoms with van der Waals surface area (Å²) in [5.41, 5.74) is 5.42. The standard InChI is InChI=1S/C35H30BrClN2O5/c36-34-26(9-4-10-29(34)25-7-2-1-3-8-25)22-44-33-18-32(43-21-24-6-5-15-38-19-24)27(17-30(33)37)20-39-31(35(41)42)16-23-11-13-28(40)14-12-23/h1-15,17-19,31,39-40H,16,20-22H2,(H,41,42)/t31-/m0/s1. The highest BCUT2D eigenvalue weighted by molar-refractivity contribution is 9.10. The summed E-state index contributed by atoms with van der Waals surface area (Å²) in [6, 6.07) is 28.9. The van der Waals surface area contributed by atoms with Crippen LogP contribution in [0.3, 0.4) is 0 Å². The first-order chi connectivity index (χ1) is 21.4. The molecule has 1 aromatic heterocycles. The number of aromatic hydroxyl groups is 1. The molecule has 1 heterocycles. The zero-order valence-corrected chi connectivity index (χ0v) is 26.0. The van der Waals surface area contributed by atoms with E-state index in [2.05, 4.69) is 38.4 Å². The molecule has 9 heteroatoms. The zero-order valence-electron chi connectivity index (χ0n) is 23.6. The van der Waals surface area contributed by atoms with Crippen molar-refractivity contribution in [3.63, 3.8) is 0 Å². The second kappa shape index (κ2) is 14.9. The average Bonchev–Trinajstić information content (AvgIpc) is 3.04. The Balaban J connectivity index is 1.36. The Bertz CT molecular complexity index is 1700. The molecule has 224 valence electrons. The van der Waals surface area contributed by atoms with Crippen LogP contribution < -0.4 is 14.8 Å². The van der Waals surface area contributed by atoms with Gasteiger partial charge in [-0.15, -0.1) is 0 Å². The summed E-state index contributed by atoms with van der Waals surface area (Å²) in [5.74, 6) is 0.0709. The minimum absolute atomic E-state index is 0.122. The van der Waals surface area contributed by atoms with Crippen molar-refractivity contribution in [3.05, 3.63) is 141 Å². The number of nitrogens with one attached hydrogen (secondary N) is 1. The van der Waals surface area contributed by atoms with E-state index in [4.69, 9.17) is 21.1 Å². The number of aromatic nitrogens is 1. The number of benzene rings is 4. The highest BCUT2D eigenvalue weighted by Crippen LogP contribution is 2.36. The predicted octanol–water partition coefficient (Wildman–Crippen LogP) is 7.81. The minimum Gasteiger partial charge on any atom is -0.508 e. The normalized spacial score (nSPS) is 11.6. The van der Waals surface area contributed by atoms with Crippen molar-refractivity contribution in [2.24, 2.45) is 0 Å². The Morgan fingerprint density at radius 3 is 2.36 bits per heavy atom. The number of carboxylic acids is 1. The predicted molar refractivity (Wildman–Crippen MR) is 174 cm³/mol. The van der Waals surface area contributed by atoms with Crippen LogP contribution >= 0.6 is 27.5 Å². The van der Waals surface area contributed by atoms with Crippen molar-refractivity contribution in [2.75, 3.05) is 0 Å². The van der Waals surface area contributed by atoms with Crippen molar-refractivity contribution in [1.29, 1.82) is 0 Å². The van der Waals surface area contributed by atoms with E-state index in [9.17, 15) is 15.0 Å². The molecule has 44 heavy (non-hydrogen) atoms. The molecular weight excluding hydrogens is 644 g/mol. The maximum absolute atomic E-state index is 12.1. The summed E-state index contributed by atoms with van der Waals surface area (Å²) in [4.78, 5) is 16.2. The van der Waals surface area contributed by atoms with Crippen molar-refractivity contribution in [1.82, 2.24) is 10.3 Å². The lowest BCUT2D eigenvalue weighted by atomic mass is 10.0. The number of rotatable bonds is 13. The Labute approximate surface area is 269 Å². The smallest absolute Gasteiger partial charge is 0.321 e. The molecule has 0 spiro atoms. The third-order valence-corrected chi connectivity index (χ3v) is 8.22. The number of ether oxygens (including phenoxy) is 2. The van der Waals surface area contributed by atoms with Crippen LogP contribution in [0.1, 0.15) is 22.3 Å². The minimum atomic E-state index is -0.995. The lowest BCUT2D eigenvalue weighted by molar-refractivity contribution is -0.139. The molecule has 1 atom stereocenters. The van der Waals surface area contributed by atoms with Gasteiger partial charge in [0.1, 0.15) is 36.5 Å². The average molecular weight is 674 g/mol. The van der Waals surface area contributed by atoms with Gasteiger partial charge in [-0.25, -0.2) is 0 Å². The zero-order chi connectivity index (χ0) is 30.9. The topological polar surface area (TPSA) is 101 Å². The summed E-state index contributed by atoms with van der Waals surface area (Å²) < 4.78 is 13.3. The van der Waals surface area contributed by atoms with Gasteiger partial charge in [0.2, 0.25) is 0 Å². The first-order valence-electron chi connectivity index (χ1n) is 13.9. The summed E-state index contributed by atoms with van der Waals surface area (Å²) in [5, 5.41) is 22.9. The van der Waals surface area contributed by atoms with E-state index in [1.807, 2.05) is 48.5 Å². The van der Waals surface area contributed by atoms with Gasteiger partial charge in [-0.05, 0) is 63.3 Å². The maximum atomic E-state index is 12.1. The SMILES string of the molecule is O=C(O)[C@H](Cc1ccc(O)cc1)NCc1cc(Cl)c(OCc2cccc(-c3ccccc3)c2Br)cc1OCc1cccnc1. The van der Waals surface area contributed by atoms with Gasteiger partial charge < -0.3 is 19.7 Å². The van der Waals surface area contributed by atoms with Crippen molar-refractivity contribution in [2.45, 2.75) is 32.2 Å². The molecule has 0 fully saturated rings. The number of carbonyl (C=O) groups is 1. The van der Waals surface area contributed by atoms with E-state index >= 15 is 0 Å². The monoisotopic (exact) mass is 672 g/mol. The van der Waals surface area contributed by atoms with Crippen LogP contribution in [0.4, 0.5) is 0 Å². The van der Waals surface area contributed by atoms with E-state index in [1.165, 1.54) is 12.1 Å². The Kier molecular flexibility index (Phi) is 10.5. The Hall–Kier alpha value is -4.37. The summed E-state index contributed by atoms with van der Waals surface area (Å²) in [6.45, 7) is 0.693. The van der Waals surface area contributed by atoms with Gasteiger partial charge in [0.15, 0.2) is 0 Å². The highest BCUT2D eigenvalue weighted by Gasteiger charge is 2.20. The van der Waals surface area contributed by atoms with Gasteiger partial charge in [0.25, 0.3) is 0 Å². The van der Waals surface area contributed by atoms with Crippen molar-refractivity contribution in [3.8, 4) is 28.4 Å².